The molecule has 1 fully saturated rings. The van der Waals surface area contributed by atoms with Gasteiger partial charge in [-0.2, -0.15) is 0 Å². The van der Waals surface area contributed by atoms with Crippen LogP contribution in [0.25, 0.3) is 6.08 Å². The number of methoxy groups -OCH3 is 1. The van der Waals surface area contributed by atoms with E-state index in [1.54, 1.807) is 42.5 Å². The molecule has 4 amide bonds. The number of para-hydroxylation sites is 2. The van der Waals surface area contributed by atoms with Crippen molar-refractivity contribution in [3.05, 3.63) is 93.4 Å². The number of hydrogen-bond acceptors (Lipinski definition) is 5. The predicted molar refractivity (Wildman–Crippen MR) is 137 cm³/mol. The molecule has 1 aliphatic heterocycles. The summed E-state index contributed by atoms with van der Waals surface area (Å²) >= 11 is 12.6. The van der Waals surface area contributed by atoms with Gasteiger partial charge in [-0.3, -0.25) is 9.59 Å². The lowest BCUT2D eigenvalue weighted by molar-refractivity contribution is -0.127. The number of rotatable bonds is 8. The van der Waals surface area contributed by atoms with Gasteiger partial charge in [0.15, 0.2) is 5.75 Å². The van der Waals surface area contributed by atoms with Gasteiger partial charge in [-0.1, -0.05) is 53.5 Å². The smallest absolute Gasteiger partial charge is 0.329 e. The molecule has 1 heterocycles. The van der Waals surface area contributed by atoms with E-state index in [1.165, 1.54) is 31.4 Å². The Balaban J connectivity index is 1.45. The van der Waals surface area contributed by atoms with E-state index in [1.807, 2.05) is 0 Å². The summed E-state index contributed by atoms with van der Waals surface area (Å²) in [7, 11) is 1.46. The molecule has 0 aliphatic carbocycles. The van der Waals surface area contributed by atoms with Gasteiger partial charge in [0, 0.05) is 5.56 Å². The third-order valence-corrected chi connectivity index (χ3v) is 5.87. The summed E-state index contributed by atoms with van der Waals surface area (Å²) in [5.41, 5.74) is 1.06. The number of nitrogens with zero attached hydrogens (tertiary/aromatic N) is 1. The number of hydrogen-bond donors (Lipinski definition) is 2. The van der Waals surface area contributed by atoms with Crippen molar-refractivity contribution in [3.8, 4) is 11.5 Å². The first kappa shape index (κ1) is 26.0. The third-order valence-electron chi connectivity index (χ3n) is 5.31. The number of halogens is 3. The van der Waals surface area contributed by atoms with Crippen LogP contribution in [0.15, 0.2) is 66.4 Å². The van der Waals surface area contributed by atoms with Gasteiger partial charge in [0.25, 0.3) is 5.91 Å². The van der Waals surface area contributed by atoms with Crippen LogP contribution in [0.3, 0.4) is 0 Å². The molecule has 190 valence electrons. The summed E-state index contributed by atoms with van der Waals surface area (Å²) in [5.74, 6) is -1.13. The van der Waals surface area contributed by atoms with Crippen LogP contribution in [-0.4, -0.2) is 36.4 Å². The second kappa shape index (κ2) is 11.3. The highest BCUT2D eigenvalue weighted by Crippen LogP contribution is 2.35. The third kappa shape index (κ3) is 6.02. The molecule has 37 heavy (non-hydrogen) atoms. The van der Waals surface area contributed by atoms with Gasteiger partial charge in [0.1, 0.15) is 30.4 Å². The maximum atomic E-state index is 13.9. The quantitative estimate of drug-likeness (QED) is 0.298. The van der Waals surface area contributed by atoms with Gasteiger partial charge in [-0.05, 0) is 42.0 Å². The van der Waals surface area contributed by atoms with Gasteiger partial charge in [-0.15, -0.1) is 0 Å². The fraction of sp³-hybridized carbons (Fsp3) is 0.115. The van der Waals surface area contributed by atoms with Crippen molar-refractivity contribution < 1.29 is 28.2 Å². The number of carbonyl (C=O) groups excluding carboxylic acids is 3. The van der Waals surface area contributed by atoms with Crippen LogP contribution in [0, 0.1) is 5.82 Å². The normalized spacial score (nSPS) is 14.1. The fourth-order valence-electron chi connectivity index (χ4n) is 3.53. The monoisotopic (exact) mass is 543 g/mol. The Morgan fingerprint density at radius 1 is 1.08 bits per heavy atom. The highest BCUT2D eigenvalue weighted by Gasteiger charge is 2.35. The molecule has 8 nitrogen and oxygen atoms in total. The summed E-state index contributed by atoms with van der Waals surface area (Å²) in [6.07, 6.45) is 1.37. The van der Waals surface area contributed by atoms with Gasteiger partial charge < -0.3 is 20.1 Å². The SMILES string of the molecule is COc1ccccc1NC(=O)CN1C(=O)N/C(=C/c2cc(Cl)c(OCc3ccccc3F)c(Cl)c2)C1=O. The van der Waals surface area contributed by atoms with Crippen LogP contribution < -0.4 is 20.1 Å². The lowest BCUT2D eigenvalue weighted by Gasteiger charge is -2.13. The van der Waals surface area contributed by atoms with Crippen LogP contribution in [0.2, 0.25) is 10.0 Å². The van der Waals surface area contributed by atoms with Crippen LogP contribution in [0.4, 0.5) is 14.9 Å². The molecule has 3 aromatic carbocycles. The summed E-state index contributed by atoms with van der Waals surface area (Å²) in [5, 5.41) is 5.30. The molecule has 11 heteroatoms. The maximum Gasteiger partial charge on any atom is 0.329 e. The standard InChI is InChI=1S/C26H20Cl2FN3O5/c1-36-22-9-5-4-8-20(22)30-23(33)13-32-25(34)21(31-26(32)35)12-15-10-17(27)24(18(28)11-15)37-14-16-6-2-3-7-19(16)29/h2-12H,13-14H2,1H3,(H,30,33)(H,31,35)/b21-12+. The first-order valence-corrected chi connectivity index (χ1v) is 11.6. The molecule has 0 radical (unpaired) electrons. The molecule has 3 aromatic rings. The molecule has 0 unspecified atom stereocenters. The molecule has 0 atom stereocenters. The van der Waals surface area contributed by atoms with Crippen molar-refractivity contribution in [2.24, 2.45) is 0 Å². The van der Waals surface area contributed by atoms with E-state index in [4.69, 9.17) is 32.7 Å². The molecule has 0 spiro atoms. The average molecular weight is 544 g/mol. The lowest BCUT2D eigenvalue weighted by Crippen LogP contribution is -2.38. The lowest BCUT2D eigenvalue weighted by atomic mass is 10.1. The zero-order valence-electron chi connectivity index (χ0n) is 19.4. The second-order valence-corrected chi connectivity index (χ2v) is 8.64. The number of anilines is 1. The molecule has 0 bridgehead atoms. The molecule has 0 saturated carbocycles. The Kier molecular flexibility index (Phi) is 7.95. The Hall–Kier alpha value is -4.08. The maximum absolute atomic E-state index is 13.9. The minimum atomic E-state index is -0.756. The largest absolute Gasteiger partial charge is 0.495 e. The zero-order chi connectivity index (χ0) is 26.5. The summed E-state index contributed by atoms with van der Waals surface area (Å²) in [4.78, 5) is 38.4. The van der Waals surface area contributed by atoms with Crippen LogP contribution in [-0.2, 0) is 16.2 Å². The van der Waals surface area contributed by atoms with Gasteiger partial charge in [-0.25, -0.2) is 14.1 Å². The number of carbonyl (C=O) groups is 3. The topological polar surface area (TPSA) is 97.0 Å². The Morgan fingerprint density at radius 3 is 2.46 bits per heavy atom. The van der Waals surface area contributed by atoms with Crippen LogP contribution in [0.1, 0.15) is 11.1 Å². The number of benzene rings is 3. The number of amides is 4. The number of imide groups is 1. The van der Waals surface area contributed by atoms with E-state index < -0.39 is 30.2 Å². The zero-order valence-corrected chi connectivity index (χ0v) is 20.9. The van der Waals surface area contributed by atoms with Gasteiger partial charge in [0.2, 0.25) is 5.91 Å². The van der Waals surface area contributed by atoms with E-state index in [0.29, 0.717) is 22.6 Å². The summed E-state index contributed by atoms with van der Waals surface area (Å²) < 4.78 is 24.6. The number of ether oxygens (including phenoxy) is 2. The van der Waals surface area contributed by atoms with Crippen LogP contribution in [0.5, 0.6) is 11.5 Å². The van der Waals surface area contributed by atoms with E-state index in [-0.39, 0.29) is 28.1 Å². The number of nitrogens with one attached hydrogen (secondary N) is 2. The molecular weight excluding hydrogens is 524 g/mol. The fourth-order valence-corrected chi connectivity index (χ4v) is 4.14. The minimum absolute atomic E-state index is 0.0674. The first-order chi connectivity index (χ1) is 17.8. The highest BCUT2D eigenvalue weighted by atomic mass is 35.5. The van der Waals surface area contributed by atoms with E-state index in [2.05, 4.69) is 10.6 Å². The molecule has 0 aromatic heterocycles. The van der Waals surface area contributed by atoms with Crippen molar-refractivity contribution in [1.29, 1.82) is 0 Å². The van der Waals surface area contributed by atoms with Gasteiger partial charge >= 0.3 is 6.03 Å². The summed E-state index contributed by atoms with van der Waals surface area (Å²) in [6, 6.07) is 15.1. The van der Waals surface area contributed by atoms with Crippen molar-refractivity contribution >= 4 is 52.8 Å². The molecule has 1 saturated heterocycles. The van der Waals surface area contributed by atoms with Crippen LogP contribution >= 0.6 is 23.2 Å². The highest BCUT2D eigenvalue weighted by molar-refractivity contribution is 6.37. The average Bonchev–Trinajstić information content (AvgIpc) is 3.12. The summed E-state index contributed by atoms with van der Waals surface area (Å²) in [6.45, 7) is -0.600. The van der Waals surface area contributed by atoms with E-state index in [0.717, 1.165) is 4.90 Å². The predicted octanol–water partition coefficient (Wildman–Crippen LogP) is 5.25. The Labute approximate surface area is 221 Å². The van der Waals surface area contributed by atoms with Crippen molar-refractivity contribution in [3.63, 3.8) is 0 Å². The molecular formula is C26H20Cl2FN3O5. The van der Waals surface area contributed by atoms with E-state index in [9.17, 15) is 18.8 Å². The second-order valence-electron chi connectivity index (χ2n) is 7.82. The Morgan fingerprint density at radius 2 is 1.76 bits per heavy atom. The van der Waals surface area contributed by atoms with Crippen molar-refractivity contribution in [1.82, 2.24) is 10.2 Å². The van der Waals surface area contributed by atoms with Crippen molar-refractivity contribution in [2.75, 3.05) is 19.0 Å². The Bertz CT molecular complexity index is 1390. The minimum Gasteiger partial charge on any atom is -0.495 e. The molecule has 4 rings (SSSR count). The van der Waals surface area contributed by atoms with E-state index >= 15 is 0 Å². The van der Waals surface area contributed by atoms with Gasteiger partial charge in [0.05, 0.1) is 22.8 Å². The number of urea groups is 1. The van der Waals surface area contributed by atoms with Crippen molar-refractivity contribution in [2.45, 2.75) is 6.61 Å². The first-order valence-electron chi connectivity index (χ1n) is 10.9. The molecule has 1 aliphatic rings. The molecule has 2 N–H and O–H groups in total.